The second kappa shape index (κ2) is 5.81. The molecule has 0 aliphatic carbocycles. The van der Waals surface area contributed by atoms with Gasteiger partial charge >= 0.3 is 0 Å². The van der Waals surface area contributed by atoms with Gasteiger partial charge in [-0.25, -0.2) is 0 Å². The number of ketones is 1. The molecule has 20 heavy (non-hydrogen) atoms. The number of nitrogens with two attached hydrogens (primary N) is 1. The van der Waals surface area contributed by atoms with Gasteiger partial charge in [0.15, 0.2) is 5.78 Å². The molecule has 2 rings (SSSR count). The minimum atomic E-state index is -0.272. The smallest absolute Gasteiger partial charge is 0.177 e. The largest absolute Gasteiger partial charge is 0.396 e. The summed E-state index contributed by atoms with van der Waals surface area (Å²) >= 11 is 1.30. The molecular weight excluding hydrogens is 274 g/mol. The summed E-state index contributed by atoms with van der Waals surface area (Å²) in [7, 11) is 0. The number of carbonyl (C=O) groups is 1. The summed E-state index contributed by atoms with van der Waals surface area (Å²) in [5.41, 5.74) is 6.68. The van der Waals surface area contributed by atoms with Crippen LogP contribution in [0.15, 0.2) is 0 Å². The summed E-state index contributed by atoms with van der Waals surface area (Å²) < 4.78 is 0. The maximum Gasteiger partial charge on any atom is 0.177 e. The van der Waals surface area contributed by atoms with Crippen molar-refractivity contribution in [2.75, 3.05) is 23.7 Å². The van der Waals surface area contributed by atoms with Gasteiger partial charge in [-0.05, 0) is 12.8 Å². The predicted octanol–water partition coefficient (Wildman–Crippen LogP) is 2.00. The second-order valence-corrected chi connectivity index (χ2v) is 6.37. The highest BCUT2D eigenvalue weighted by Gasteiger charge is 2.27. The predicted molar refractivity (Wildman–Crippen MR) is 80.1 cm³/mol. The third kappa shape index (κ3) is 2.65. The number of piperidine rings is 1. The summed E-state index contributed by atoms with van der Waals surface area (Å²) in [5.74, 6) is -0.161. The van der Waals surface area contributed by atoms with Crippen LogP contribution in [0.1, 0.15) is 41.9 Å². The Morgan fingerprint density at radius 3 is 2.60 bits per heavy atom. The van der Waals surface area contributed by atoms with E-state index < -0.39 is 0 Å². The van der Waals surface area contributed by atoms with E-state index in [0.29, 0.717) is 42.1 Å². The SMILES string of the molecule is CC(C)C(=O)c1sc(N2CCC(O)CC2)c(C#N)c1N. The van der Waals surface area contributed by atoms with E-state index in [1.807, 2.05) is 18.7 Å². The molecule has 0 amide bonds. The van der Waals surface area contributed by atoms with E-state index in [9.17, 15) is 15.2 Å². The van der Waals surface area contributed by atoms with Crippen molar-refractivity contribution in [3.8, 4) is 6.07 Å². The molecule has 5 nitrogen and oxygen atoms in total. The van der Waals surface area contributed by atoms with Crippen molar-refractivity contribution in [3.63, 3.8) is 0 Å². The first-order valence-corrected chi connectivity index (χ1v) is 7.57. The molecule has 0 unspecified atom stereocenters. The number of nitrogens with zero attached hydrogens (tertiary/aromatic N) is 2. The van der Waals surface area contributed by atoms with Gasteiger partial charge in [-0.2, -0.15) is 5.26 Å². The van der Waals surface area contributed by atoms with Gasteiger partial charge < -0.3 is 15.7 Å². The topological polar surface area (TPSA) is 90.4 Å². The van der Waals surface area contributed by atoms with E-state index in [4.69, 9.17) is 5.73 Å². The second-order valence-electron chi connectivity index (χ2n) is 5.37. The van der Waals surface area contributed by atoms with Crippen LogP contribution in [0.5, 0.6) is 0 Å². The van der Waals surface area contributed by atoms with Crippen LogP contribution >= 0.6 is 11.3 Å². The Hall–Kier alpha value is -1.58. The molecule has 0 aromatic carbocycles. The zero-order valence-corrected chi connectivity index (χ0v) is 12.5. The average molecular weight is 293 g/mol. The Balaban J connectivity index is 2.37. The molecule has 3 N–H and O–H groups in total. The van der Waals surface area contributed by atoms with Gasteiger partial charge in [0.2, 0.25) is 0 Å². The number of aliphatic hydroxyl groups is 1. The zero-order chi connectivity index (χ0) is 14.9. The molecule has 1 aromatic rings. The molecule has 0 atom stereocenters. The van der Waals surface area contributed by atoms with Crippen LogP contribution in [0.2, 0.25) is 0 Å². The number of anilines is 2. The molecule has 1 aliphatic rings. The third-order valence-corrected chi connectivity index (χ3v) is 4.82. The Morgan fingerprint density at radius 2 is 2.10 bits per heavy atom. The number of rotatable bonds is 3. The van der Waals surface area contributed by atoms with E-state index in [0.717, 1.165) is 5.00 Å². The molecule has 1 fully saturated rings. The first-order valence-electron chi connectivity index (χ1n) is 6.75. The number of nitrogen functional groups attached to an aromatic ring is 1. The minimum Gasteiger partial charge on any atom is -0.396 e. The summed E-state index contributed by atoms with van der Waals surface area (Å²) in [6.07, 6.45) is 1.08. The van der Waals surface area contributed by atoms with Crippen LogP contribution in [0, 0.1) is 17.2 Å². The number of carbonyl (C=O) groups excluding carboxylic acids is 1. The highest BCUT2D eigenvalue weighted by atomic mass is 32.1. The molecule has 6 heteroatoms. The number of Topliss-reactive ketones (excluding diaryl/α,β-unsaturated/α-hetero) is 1. The molecule has 0 saturated carbocycles. The van der Waals surface area contributed by atoms with Gasteiger partial charge in [-0.3, -0.25) is 4.79 Å². The first-order chi connectivity index (χ1) is 9.45. The Kier molecular flexibility index (Phi) is 4.31. The highest BCUT2D eigenvalue weighted by Crippen LogP contribution is 2.39. The average Bonchev–Trinajstić information content (AvgIpc) is 2.75. The third-order valence-electron chi connectivity index (χ3n) is 3.54. The summed E-state index contributed by atoms with van der Waals surface area (Å²) in [4.78, 5) is 14.7. The van der Waals surface area contributed by atoms with Crippen LogP contribution < -0.4 is 10.6 Å². The fraction of sp³-hybridized carbons (Fsp3) is 0.571. The van der Waals surface area contributed by atoms with Gasteiger partial charge in [0, 0.05) is 19.0 Å². The van der Waals surface area contributed by atoms with E-state index in [-0.39, 0.29) is 17.8 Å². The molecule has 108 valence electrons. The molecule has 1 aromatic heterocycles. The molecular formula is C14H19N3O2S. The fourth-order valence-electron chi connectivity index (χ4n) is 2.28. The summed E-state index contributed by atoms with van der Waals surface area (Å²) in [6, 6.07) is 2.12. The van der Waals surface area contributed by atoms with Crippen molar-refractivity contribution in [2.24, 2.45) is 5.92 Å². The Bertz CT molecular complexity index is 552. The van der Waals surface area contributed by atoms with Crippen molar-refractivity contribution in [1.29, 1.82) is 5.26 Å². The van der Waals surface area contributed by atoms with Crippen molar-refractivity contribution in [2.45, 2.75) is 32.8 Å². The van der Waals surface area contributed by atoms with E-state index >= 15 is 0 Å². The highest BCUT2D eigenvalue weighted by molar-refractivity contribution is 7.19. The summed E-state index contributed by atoms with van der Waals surface area (Å²) in [6.45, 7) is 5.02. The lowest BCUT2D eigenvalue weighted by Crippen LogP contribution is -2.35. The normalized spacial score (nSPS) is 16.4. The lowest BCUT2D eigenvalue weighted by atomic mass is 10.1. The van der Waals surface area contributed by atoms with E-state index in [2.05, 4.69) is 6.07 Å². The van der Waals surface area contributed by atoms with Gasteiger partial charge in [0.05, 0.1) is 16.7 Å². The number of hydrogen-bond donors (Lipinski definition) is 2. The van der Waals surface area contributed by atoms with Gasteiger partial charge in [-0.1, -0.05) is 13.8 Å². The van der Waals surface area contributed by atoms with Crippen LogP contribution in [-0.4, -0.2) is 30.1 Å². The van der Waals surface area contributed by atoms with Crippen molar-refractivity contribution in [3.05, 3.63) is 10.4 Å². The van der Waals surface area contributed by atoms with Crippen LogP contribution in [0.25, 0.3) is 0 Å². The lowest BCUT2D eigenvalue weighted by Gasteiger charge is -2.30. The maximum atomic E-state index is 12.1. The molecule has 2 heterocycles. The van der Waals surface area contributed by atoms with Gasteiger partial charge in [-0.15, -0.1) is 11.3 Å². The first kappa shape index (κ1) is 14.8. The lowest BCUT2D eigenvalue weighted by molar-refractivity contribution is 0.0944. The zero-order valence-electron chi connectivity index (χ0n) is 11.7. The molecule has 1 aliphatic heterocycles. The molecule has 0 bridgehead atoms. The van der Waals surface area contributed by atoms with Crippen molar-refractivity contribution >= 4 is 27.8 Å². The minimum absolute atomic E-state index is 0.0210. The molecule has 0 radical (unpaired) electrons. The van der Waals surface area contributed by atoms with Crippen molar-refractivity contribution in [1.82, 2.24) is 0 Å². The standard InChI is InChI=1S/C14H19N3O2S/c1-8(2)12(19)13-11(16)10(7-15)14(20-13)17-5-3-9(18)4-6-17/h8-9,18H,3-6,16H2,1-2H3. The number of aliphatic hydroxyl groups excluding tert-OH is 1. The maximum absolute atomic E-state index is 12.1. The summed E-state index contributed by atoms with van der Waals surface area (Å²) in [5, 5.41) is 19.6. The van der Waals surface area contributed by atoms with Crippen molar-refractivity contribution < 1.29 is 9.90 Å². The number of nitriles is 1. The van der Waals surface area contributed by atoms with Gasteiger partial charge in [0.25, 0.3) is 0 Å². The quantitative estimate of drug-likeness (QED) is 0.832. The molecule has 0 spiro atoms. The Labute approximate surface area is 122 Å². The van der Waals surface area contributed by atoms with Crippen LogP contribution in [-0.2, 0) is 0 Å². The number of thiophene rings is 1. The number of hydrogen-bond acceptors (Lipinski definition) is 6. The fourth-order valence-corrected chi connectivity index (χ4v) is 3.59. The molecule has 1 saturated heterocycles. The van der Waals surface area contributed by atoms with Crippen LogP contribution in [0.4, 0.5) is 10.7 Å². The van der Waals surface area contributed by atoms with Crippen LogP contribution in [0.3, 0.4) is 0 Å². The van der Waals surface area contributed by atoms with E-state index in [1.54, 1.807) is 0 Å². The van der Waals surface area contributed by atoms with E-state index in [1.165, 1.54) is 11.3 Å². The monoisotopic (exact) mass is 293 g/mol. The Morgan fingerprint density at radius 1 is 1.50 bits per heavy atom. The van der Waals surface area contributed by atoms with Gasteiger partial charge in [0.1, 0.15) is 16.6 Å².